The van der Waals surface area contributed by atoms with E-state index >= 15 is 0 Å². The SMILES string of the molecule is CC(C)=CCCNC(=O)N1CCCC(CO)C1. The van der Waals surface area contributed by atoms with Crippen LogP contribution in [0.2, 0.25) is 0 Å². The molecule has 1 atom stereocenters. The predicted octanol–water partition coefficient (Wildman–Crippen LogP) is 1.76. The van der Waals surface area contributed by atoms with Gasteiger partial charge in [0.1, 0.15) is 0 Å². The molecule has 1 fully saturated rings. The van der Waals surface area contributed by atoms with Crippen LogP contribution in [0.1, 0.15) is 33.1 Å². The van der Waals surface area contributed by atoms with Gasteiger partial charge in [0, 0.05) is 26.2 Å². The lowest BCUT2D eigenvalue weighted by atomic mass is 9.99. The number of nitrogens with one attached hydrogen (secondary N) is 1. The summed E-state index contributed by atoms with van der Waals surface area (Å²) < 4.78 is 0. The van der Waals surface area contributed by atoms with Gasteiger partial charge in [-0.25, -0.2) is 4.79 Å². The molecule has 4 nitrogen and oxygen atoms in total. The molecular formula is C13H24N2O2. The van der Waals surface area contributed by atoms with Crippen LogP contribution in [-0.4, -0.2) is 42.3 Å². The number of carbonyl (C=O) groups excluding carboxylic acids is 1. The van der Waals surface area contributed by atoms with Gasteiger partial charge in [0.2, 0.25) is 0 Å². The topological polar surface area (TPSA) is 52.6 Å². The molecular weight excluding hydrogens is 216 g/mol. The van der Waals surface area contributed by atoms with Crippen LogP contribution in [0.25, 0.3) is 0 Å². The Hall–Kier alpha value is -1.03. The molecule has 4 heteroatoms. The molecule has 0 spiro atoms. The van der Waals surface area contributed by atoms with Gasteiger partial charge in [-0.05, 0) is 39.0 Å². The smallest absolute Gasteiger partial charge is 0.317 e. The first-order valence-electron chi connectivity index (χ1n) is 6.40. The Labute approximate surface area is 104 Å². The van der Waals surface area contributed by atoms with Crippen molar-refractivity contribution in [2.45, 2.75) is 33.1 Å². The average Bonchev–Trinajstić information content (AvgIpc) is 2.34. The number of hydrogen-bond acceptors (Lipinski definition) is 2. The lowest BCUT2D eigenvalue weighted by molar-refractivity contribution is 0.130. The van der Waals surface area contributed by atoms with Crippen LogP contribution >= 0.6 is 0 Å². The normalized spacial score (nSPS) is 19.9. The second kappa shape index (κ2) is 7.33. The maximum Gasteiger partial charge on any atom is 0.317 e. The summed E-state index contributed by atoms with van der Waals surface area (Å²) in [6.07, 6.45) is 5.02. The third kappa shape index (κ3) is 5.22. The Balaban J connectivity index is 2.25. The van der Waals surface area contributed by atoms with Crippen LogP contribution in [0.4, 0.5) is 4.79 Å². The molecule has 0 radical (unpaired) electrons. The third-order valence-electron chi connectivity index (χ3n) is 3.04. The van der Waals surface area contributed by atoms with Gasteiger partial charge < -0.3 is 15.3 Å². The maximum absolute atomic E-state index is 11.8. The fraction of sp³-hybridized carbons (Fsp3) is 0.769. The van der Waals surface area contributed by atoms with Crippen LogP contribution in [0.15, 0.2) is 11.6 Å². The van der Waals surface area contributed by atoms with Crippen molar-refractivity contribution in [3.05, 3.63) is 11.6 Å². The number of carbonyl (C=O) groups is 1. The number of amides is 2. The van der Waals surface area contributed by atoms with Crippen molar-refractivity contribution in [3.63, 3.8) is 0 Å². The number of aliphatic hydroxyl groups is 1. The highest BCUT2D eigenvalue weighted by molar-refractivity contribution is 5.74. The van der Waals surface area contributed by atoms with E-state index in [2.05, 4.69) is 25.2 Å². The molecule has 2 amide bonds. The molecule has 1 aliphatic rings. The summed E-state index contributed by atoms with van der Waals surface area (Å²) in [4.78, 5) is 13.6. The van der Waals surface area contributed by atoms with Crippen molar-refractivity contribution < 1.29 is 9.90 Å². The molecule has 1 aliphatic heterocycles. The molecule has 1 heterocycles. The van der Waals surface area contributed by atoms with E-state index in [-0.39, 0.29) is 18.6 Å². The number of rotatable bonds is 4. The number of hydrogen-bond donors (Lipinski definition) is 2. The average molecular weight is 240 g/mol. The second-order valence-electron chi connectivity index (χ2n) is 4.94. The lowest BCUT2D eigenvalue weighted by Gasteiger charge is -2.31. The van der Waals surface area contributed by atoms with Crippen LogP contribution in [0.5, 0.6) is 0 Å². The zero-order chi connectivity index (χ0) is 12.7. The Morgan fingerprint density at radius 3 is 2.94 bits per heavy atom. The van der Waals surface area contributed by atoms with Gasteiger partial charge in [-0.1, -0.05) is 11.6 Å². The highest BCUT2D eigenvalue weighted by atomic mass is 16.3. The standard InChI is InChI=1S/C13H24N2O2/c1-11(2)5-3-7-14-13(17)15-8-4-6-12(9-15)10-16/h5,12,16H,3-4,6-10H2,1-2H3,(H,14,17). The van der Waals surface area contributed by atoms with E-state index < -0.39 is 0 Å². The second-order valence-corrected chi connectivity index (χ2v) is 4.94. The summed E-state index contributed by atoms with van der Waals surface area (Å²) in [6, 6.07) is 0.00491. The number of likely N-dealkylation sites (tertiary alicyclic amines) is 1. The molecule has 0 aromatic heterocycles. The molecule has 98 valence electrons. The first kappa shape index (κ1) is 14.0. The van der Waals surface area contributed by atoms with Crippen LogP contribution in [-0.2, 0) is 0 Å². The molecule has 2 N–H and O–H groups in total. The fourth-order valence-electron chi connectivity index (χ4n) is 2.05. The van der Waals surface area contributed by atoms with Gasteiger partial charge in [-0.15, -0.1) is 0 Å². The molecule has 0 aromatic carbocycles. The Bertz CT molecular complexity index is 273. The van der Waals surface area contributed by atoms with E-state index in [0.29, 0.717) is 13.1 Å². The van der Waals surface area contributed by atoms with Gasteiger partial charge in [0.15, 0.2) is 0 Å². The van der Waals surface area contributed by atoms with Crippen LogP contribution < -0.4 is 5.32 Å². The number of allylic oxidation sites excluding steroid dienone is 1. The summed E-state index contributed by atoms with van der Waals surface area (Å²) >= 11 is 0. The van der Waals surface area contributed by atoms with Crippen molar-refractivity contribution in [2.75, 3.05) is 26.2 Å². The van der Waals surface area contributed by atoms with Crippen molar-refractivity contribution in [1.82, 2.24) is 10.2 Å². The molecule has 17 heavy (non-hydrogen) atoms. The first-order chi connectivity index (χ1) is 8.13. The van der Waals surface area contributed by atoms with Crippen molar-refractivity contribution >= 4 is 6.03 Å². The van der Waals surface area contributed by atoms with E-state index in [4.69, 9.17) is 5.11 Å². The van der Waals surface area contributed by atoms with Gasteiger partial charge in [0.05, 0.1) is 0 Å². The highest BCUT2D eigenvalue weighted by Crippen LogP contribution is 2.15. The van der Waals surface area contributed by atoms with Crippen molar-refractivity contribution in [1.29, 1.82) is 0 Å². The van der Waals surface area contributed by atoms with E-state index in [9.17, 15) is 4.79 Å². The lowest BCUT2D eigenvalue weighted by Crippen LogP contribution is -2.46. The zero-order valence-electron chi connectivity index (χ0n) is 10.9. The summed E-state index contributed by atoms with van der Waals surface area (Å²) in [5.74, 6) is 0.257. The molecule has 0 saturated carbocycles. The van der Waals surface area contributed by atoms with E-state index in [1.807, 2.05) is 4.90 Å². The Morgan fingerprint density at radius 1 is 1.53 bits per heavy atom. The minimum absolute atomic E-state index is 0.00491. The molecule has 0 bridgehead atoms. The van der Waals surface area contributed by atoms with E-state index in [1.54, 1.807) is 0 Å². The largest absolute Gasteiger partial charge is 0.396 e. The molecule has 0 aromatic rings. The molecule has 1 saturated heterocycles. The fourth-order valence-corrected chi connectivity index (χ4v) is 2.05. The quantitative estimate of drug-likeness (QED) is 0.581. The van der Waals surface area contributed by atoms with Gasteiger partial charge in [-0.3, -0.25) is 0 Å². The Morgan fingerprint density at radius 2 is 2.29 bits per heavy atom. The minimum Gasteiger partial charge on any atom is -0.396 e. The summed E-state index contributed by atoms with van der Waals surface area (Å²) in [6.45, 7) is 6.47. The molecule has 1 rings (SSSR count). The number of piperidine rings is 1. The van der Waals surface area contributed by atoms with Crippen LogP contribution in [0.3, 0.4) is 0 Å². The van der Waals surface area contributed by atoms with Gasteiger partial charge >= 0.3 is 6.03 Å². The first-order valence-corrected chi connectivity index (χ1v) is 6.40. The van der Waals surface area contributed by atoms with Crippen molar-refractivity contribution in [2.24, 2.45) is 5.92 Å². The van der Waals surface area contributed by atoms with Crippen LogP contribution in [0, 0.1) is 5.92 Å². The Kier molecular flexibility index (Phi) is 6.05. The summed E-state index contributed by atoms with van der Waals surface area (Å²) in [7, 11) is 0. The third-order valence-corrected chi connectivity index (χ3v) is 3.04. The van der Waals surface area contributed by atoms with Gasteiger partial charge in [0.25, 0.3) is 0 Å². The van der Waals surface area contributed by atoms with Crippen molar-refractivity contribution in [3.8, 4) is 0 Å². The summed E-state index contributed by atoms with van der Waals surface area (Å²) in [5.41, 5.74) is 1.28. The van der Waals surface area contributed by atoms with E-state index in [0.717, 1.165) is 25.8 Å². The van der Waals surface area contributed by atoms with Gasteiger partial charge in [-0.2, -0.15) is 0 Å². The maximum atomic E-state index is 11.8. The number of nitrogens with zero attached hydrogens (tertiary/aromatic N) is 1. The number of aliphatic hydroxyl groups excluding tert-OH is 1. The number of urea groups is 1. The molecule has 0 aliphatic carbocycles. The predicted molar refractivity (Wildman–Crippen MR) is 68.8 cm³/mol. The summed E-state index contributed by atoms with van der Waals surface area (Å²) in [5, 5.41) is 12.0. The highest BCUT2D eigenvalue weighted by Gasteiger charge is 2.22. The van der Waals surface area contributed by atoms with E-state index in [1.165, 1.54) is 5.57 Å². The zero-order valence-corrected chi connectivity index (χ0v) is 10.9. The monoisotopic (exact) mass is 240 g/mol. The minimum atomic E-state index is 0.00491. The molecule has 1 unspecified atom stereocenters.